The zero-order valence-electron chi connectivity index (χ0n) is 17.6. The fourth-order valence-electron chi connectivity index (χ4n) is 3.60. The fraction of sp³-hybridized carbons (Fsp3) is 0.375. The van der Waals surface area contributed by atoms with Crippen molar-refractivity contribution in [2.45, 2.75) is 51.5 Å². The highest BCUT2D eigenvalue weighted by Crippen LogP contribution is 2.25. The first kappa shape index (κ1) is 22.3. The molecule has 1 fully saturated rings. The number of amides is 1. The third-order valence-electron chi connectivity index (χ3n) is 5.10. The number of hydrogen-bond donors (Lipinski definition) is 0. The molecule has 7 heteroatoms. The lowest BCUT2D eigenvalue weighted by Crippen LogP contribution is -2.53. The van der Waals surface area contributed by atoms with Crippen molar-refractivity contribution in [1.29, 1.82) is 0 Å². The van der Waals surface area contributed by atoms with Gasteiger partial charge in [0.15, 0.2) is 0 Å². The third-order valence-corrected chi connectivity index (χ3v) is 5.10. The van der Waals surface area contributed by atoms with Gasteiger partial charge in [-0.3, -0.25) is 4.79 Å². The molecule has 1 amide bonds. The predicted octanol–water partition coefficient (Wildman–Crippen LogP) is 4.49. The third kappa shape index (κ3) is 6.84. The molecule has 0 spiro atoms. The maximum Gasteiger partial charge on any atom is 0.508 e. The summed E-state index contributed by atoms with van der Waals surface area (Å²) in [5.41, 5.74) is 1.71. The average molecular weight is 425 g/mol. The van der Waals surface area contributed by atoms with Gasteiger partial charge in [0.2, 0.25) is 0 Å². The summed E-state index contributed by atoms with van der Waals surface area (Å²) in [7, 11) is 0. The van der Waals surface area contributed by atoms with Crippen molar-refractivity contribution in [3.8, 4) is 0 Å². The average Bonchev–Trinajstić information content (AvgIpc) is 2.78. The van der Waals surface area contributed by atoms with Crippen molar-refractivity contribution >= 4 is 18.0 Å². The van der Waals surface area contributed by atoms with Gasteiger partial charge in [-0.2, -0.15) is 0 Å². The van der Waals surface area contributed by atoms with E-state index in [1.807, 2.05) is 60.7 Å². The lowest BCUT2D eigenvalue weighted by atomic mass is 9.95. The molecule has 0 bridgehead atoms. The van der Waals surface area contributed by atoms with E-state index in [0.29, 0.717) is 19.4 Å². The molecule has 0 N–H and O–H groups in total. The zero-order chi connectivity index (χ0) is 22.1. The highest BCUT2D eigenvalue weighted by molar-refractivity contribution is 5.77. The SMILES string of the molecule is CC(=O)C[C@H]1[C@H](OC(=O)OCc2ccccc2)CCCN1C(=O)OCc1ccccc1. The minimum atomic E-state index is -0.818. The van der Waals surface area contributed by atoms with E-state index in [9.17, 15) is 14.4 Å². The summed E-state index contributed by atoms with van der Waals surface area (Å²) < 4.78 is 16.2. The van der Waals surface area contributed by atoms with Crippen LogP contribution in [0.5, 0.6) is 0 Å². The molecule has 3 rings (SSSR count). The Hall–Kier alpha value is -3.35. The molecule has 0 aromatic heterocycles. The number of carbonyl (C=O) groups excluding carboxylic acids is 3. The quantitative estimate of drug-likeness (QED) is 0.608. The Morgan fingerprint density at radius 1 is 0.903 bits per heavy atom. The van der Waals surface area contributed by atoms with Gasteiger partial charge in [0.1, 0.15) is 25.1 Å². The van der Waals surface area contributed by atoms with Crippen molar-refractivity contribution in [2.24, 2.45) is 0 Å². The largest absolute Gasteiger partial charge is 0.508 e. The van der Waals surface area contributed by atoms with Gasteiger partial charge in [0.05, 0.1) is 6.04 Å². The Morgan fingerprint density at radius 2 is 1.48 bits per heavy atom. The number of piperidine rings is 1. The summed E-state index contributed by atoms with van der Waals surface area (Å²) in [5, 5.41) is 0. The highest BCUT2D eigenvalue weighted by Gasteiger charge is 2.38. The van der Waals surface area contributed by atoms with Crippen molar-refractivity contribution in [3.05, 3.63) is 71.8 Å². The van der Waals surface area contributed by atoms with Crippen molar-refractivity contribution in [3.63, 3.8) is 0 Å². The number of rotatable bonds is 7. The molecule has 0 unspecified atom stereocenters. The predicted molar refractivity (Wildman–Crippen MR) is 113 cm³/mol. The topological polar surface area (TPSA) is 82.1 Å². The number of likely N-dealkylation sites (tertiary alicyclic amines) is 1. The number of Topliss-reactive ketones (excluding diaryl/α,β-unsaturated/α-hetero) is 1. The van der Waals surface area contributed by atoms with E-state index < -0.39 is 24.4 Å². The molecule has 1 heterocycles. The van der Waals surface area contributed by atoms with E-state index in [1.54, 1.807) is 0 Å². The number of benzene rings is 2. The van der Waals surface area contributed by atoms with Crippen LogP contribution in [-0.2, 0) is 32.2 Å². The van der Waals surface area contributed by atoms with Gasteiger partial charge >= 0.3 is 12.2 Å². The summed E-state index contributed by atoms with van der Waals surface area (Å²) in [6.45, 7) is 2.11. The molecule has 0 radical (unpaired) electrons. The summed E-state index contributed by atoms with van der Waals surface area (Å²) in [4.78, 5) is 38.3. The molecule has 7 nitrogen and oxygen atoms in total. The van der Waals surface area contributed by atoms with Gasteiger partial charge in [-0.1, -0.05) is 60.7 Å². The fourth-order valence-corrected chi connectivity index (χ4v) is 3.60. The first-order chi connectivity index (χ1) is 15.0. The lowest BCUT2D eigenvalue weighted by molar-refractivity contribution is -0.120. The second-order valence-electron chi connectivity index (χ2n) is 7.53. The summed E-state index contributed by atoms with van der Waals surface area (Å²) in [6.07, 6.45) is -0.725. The highest BCUT2D eigenvalue weighted by atomic mass is 16.7. The summed E-state index contributed by atoms with van der Waals surface area (Å²) in [6, 6.07) is 18.0. The van der Waals surface area contributed by atoms with Gasteiger partial charge in [0.25, 0.3) is 0 Å². The van der Waals surface area contributed by atoms with E-state index in [4.69, 9.17) is 14.2 Å². The monoisotopic (exact) mass is 425 g/mol. The molecule has 31 heavy (non-hydrogen) atoms. The summed E-state index contributed by atoms with van der Waals surface area (Å²) >= 11 is 0. The molecule has 2 aromatic rings. The van der Waals surface area contributed by atoms with Crippen LogP contribution in [0.1, 0.15) is 37.3 Å². The molecular weight excluding hydrogens is 398 g/mol. The standard InChI is InChI=1S/C24H27NO6/c1-18(26)15-21-22(31-24(28)30-17-20-11-6-3-7-12-20)13-8-14-25(21)23(27)29-16-19-9-4-2-5-10-19/h2-7,9-12,21-22H,8,13-17H2,1H3/t21-,22+/m0/s1. The van der Waals surface area contributed by atoms with Crippen molar-refractivity contribution < 1.29 is 28.6 Å². The number of carbonyl (C=O) groups is 3. The first-order valence-electron chi connectivity index (χ1n) is 10.4. The Bertz CT molecular complexity index is 870. The number of ether oxygens (including phenoxy) is 3. The Balaban J connectivity index is 1.60. The molecule has 2 atom stereocenters. The molecule has 1 aliphatic rings. The number of nitrogens with zero attached hydrogens (tertiary/aromatic N) is 1. The van der Waals surface area contributed by atoms with Crippen LogP contribution in [0.25, 0.3) is 0 Å². The number of ketones is 1. The van der Waals surface area contributed by atoms with Crippen LogP contribution in [0.3, 0.4) is 0 Å². The van der Waals surface area contributed by atoms with Crippen molar-refractivity contribution in [2.75, 3.05) is 6.54 Å². The van der Waals surface area contributed by atoms with Crippen molar-refractivity contribution in [1.82, 2.24) is 4.90 Å². The molecule has 0 aliphatic carbocycles. The van der Waals surface area contributed by atoms with E-state index >= 15 is 0 Å². The second-order valence-corrected chi connectivity index (χ2v) is 7.53. The minimum Gasteiger partial charge on any atom is -0.445 e. The first-order valence-corrected chi connectivity index (χ1v) is 10.4. The van der Waals surface area contributed by atoms with Crippen LogP contribution >= 0.6 is 0 Å². The van der Waals surface area contributed by atoms with Gasteiger partial charge in [-0.25, -0.2) is 9.59 Å². The Morgan fingerprint density at radius 3 is 2.06 bits per heavy atom. The van der Waals surface area contributed by atoms with E-state index in [-0.39, 0.29) is 25.4 Å². The minimum absolute atomic E-state index is 0.0804. The molecule has 0 saturated carbocycles. The lowest BCUT2D eigenvalue weighted by Gasteiger charge is -2.39. The normalized spacial score (nSPS) is 18.2. The van der Waals surface area contributed by atoms with E-state index in [2.05, 4.69) is 0 Å². The van der Waals surface area contributed by atoms with Crippen LogP contribution < -0.4 is 0 Å². The maximum atomic E-state index is 12.7. The van der Waals surface area contributed by atoms with E-state index in [1.165, 1.54) is 11.8 Å². The smallest absolute Gasteiger partial charge is 0.445 e. The van der Waals surface area contributed by atoms with Crippen LogP contribution in [0.2, 0.25) is 0 Å². The van der Waals surface area contributed by atoms with Crippen LogP contribution in [-0.4, -0.2) is 41.6 Å². The van der Waals surface area contributed by atoms with Gasteiger partial charge in [-0.05, 0) is 30.9 Å². The molecule has 1 saturated heterocycles. The molecule has 2 aromatic carbocycles. The molecular formula is C24H27NO6. The van der Waals surface area contributed by atoms with Gasteiger partial charge < -0.3 is 19.1 Å². The summed E-state index contributed by atoms with van der Waals surface area (Å²) in [5.74, 6) is -0.0981. The van der Waals surface area contributed by atoms with Crippen LogP contribution in [0, 0.1) is 0 Å². The zero-order valence-corrected chi connectivity index (χ0v) is 17.6. The Labute approximate surface area is 181 Å². The second kappa shape index (κ2) is 11.2. The van der Waals surface area contributed by atoms with Crippen LogP contribution in [0.15, 0.2) is 60.7 Å². The maximum absolute atomic E-state index is 12.7. The van der Waals surface area contributed by atoms with Gasteiger partial charge in [-0.15, -0.1) is 0 Å². The molecule has 164 valence electrons. The number of hydrogen-bond acceptors (Lipinski definition) is 6. The van der Waals surface area contributed by atoms with Gasteiger partial charge in [0, 0.05) is 13.0 Å². The molecule has 1 aliphatic heterocycles. The van der Waals surface area contributed by atoms with E-state index in [0.717, 1.165) is 11.1 Å². The van der Waals surface area contributed by atoms with Crippen LogP contribution in [0.4, 0.5) is 9.59 Å². The Kier molecular flexibility index (Phi) is 8.04.